The smallest absolute Gasteiger partial charge is 0.196 e. The number of hydrogen-bond donors (Lipinski definition) is 0. The Morgan fingerprint density at radius 3 is 2.46 bits per heavy atom. The fourth-order valence-electron chi connectivity index (χ4n) is 3.12. The van der Waals surface area contributed by atoms with Crippen molar-refractivity contribution < 1.29 is 4.74 Å². The normalized spacial score (nSPS) is 14.7. The Morgan fingerprint density at radius 2 is 1.75 bits per heavy atom. The Labute approximate surface area is 168 Å². The fraction of sp³-hybridized carbons (Fsp3) is 0.286. The minimum atomic E-state index is 0.675. The molecular formula is C21H21N5OS. The van der Waals surface area contributed by atoms with Gasteiger partial charge < -0.3 is 4.74 Å². The van der Waals surface area contributed by atoms with Gasteiger partial charge >= 0.3 is 0 Å². The largest absolute Gasteiger partial charge is 0.379 e. The molecule has 0 unspecified atom stereocenters. The van der Waals surface area contributed by atoms with Crippen LogP contribution in [0.25, 0.3) is 5.69 Å². The lowest BCUT2D eigenvalue weighted by Gasteiger charge is -2.26. The van der Waals surface area contributed by atoms with Gasteiger partial charge in [-0.05, 0) is 29.8 Å². The molecule has 0 radical (unpaired) electrons. The van der Waals surface area contributed by atoms with Crippen LogP contribution in [0.5, 0.6) is 0 Å². The SMILES string of the molecule is N#Cc1ccc(CSc2nnc(CN3CCOCC3)n2-c2ccccc2)cc1. The Morgan fingerprint density at radius 1 is 1.00 bits per heavy atom. The van der Waals surface area contributed by atoms with Crippen molar-refractivity contribution in [1.82, 2.24) is 19.7 Å². The number of morpholine rings is 1. The first-order valence-electron chi connectivity index (χ1n) is 9.25. The van der Waals surface area contributed by atoms with Gasteiger partial charge in [0.25, 0.3) is 0 Å². The molecule has 6 nitrogen and oxygen atoms in total. The highest BCUT2D eigenvalue weighted by atomic mass is 32.2. The predicted octanol–water partition coefficient (Wildman–Crippen LogP) is 3.26. The molecule has 1 aromatic heterocycles. The predicted molar refractivity (Wildman–Crippen MR) is 108 cm³/mol. The van der Waals surface area contributed by atoms with Crippen LogP contribution in [0.2, 0.25) is 0 Å². The van der Waals surface area contributed by atoms with Crippen LogP contribution in [-0.2, 0) is 17.0 Å². The summed E-state index contributed by atoms with van der Waals surface area (Å²) < 4.78 is 7.60. The van der Waals surface area contributed by atoms with Crippen LogP contribution in [0.4, 0.5) is 0 Å². The first-order valence-corrected chi connectivity index (χ1v) is 10.2. The van der Waals surface area contributed by atoms with Crippen molar-refractivity contribution in [2.75, 3.05) is 26.3 Å². The minimum absolute atomic E-state index is 0.675. The van der Waals surface area contributed by atoms with Gasteiger partial charge in [-0.1, -0.05) is 42.1 Å². The molecule has 0 N–H and O–H groups in total. The Balaban J connectivity index is 1.56. The molecule has 3 aromatic rings. The Kier molecular flexibility index (Phi) is 6.02. The summed E-state index contributed by atoms with van der Waals surface area (Å²) in [7, 11) is 0. The minimum Gasteiger partial charge on any atom is -0.379 e. The van der Waals surface area contributed by atoms with Crippen molar-refractivity contribution in [2.45, 2.75) is 17.5 Å². The lowest BCUT2D eigenvalue weighted by Crippen LogP contribution is -2.36. The van der Waals surface area contributed by atoms with E-state index in [1.807, 2.05) is 42.5 Å². The quantitative estimate of drug-likeness (QED) is 0.601. The molecule has 0 spiro atoms. The summed E-state index contributed by atoms with van der Waals surface area (Å²) in [6, 6.07) is 20.1. The van der Waals surface area contributed by atoms with E-state index in [1.165, 1.54) is 0 Å². The van der Waals surface area contributed by atoms with E-state index in [-0.39, 0.29) is 0 Å². The molecule has 0 bridgehead atoms. The van der Waals surface area contributed by atoms with Gasteiger partial charge in [-0.2, -0.15) is 5.26 Å². The third kappa shape index (κ3) is 4.42. The van der Waals surface area contributed by atoms with E-state index in [2.05, 4.69) is 37.9 Å². The Hall–Kier alpha value is -2.66. The van der Waals surface area contributed by atoms with Crippen molar-refractivity contribution in [2.24, 2.45) is 0 Å². The maximum absolute atomic E-state index is 8.95. The van der Waals surface area contributed by atoms with Crippen LogP contribution in [0.1, 0.15) is 17.0 Å². The van der Waals surface area contributed by atoms with Crippen LogP contribution in [0.15, 0.2) is 59.8 Å². The highest BCUT2D eigenvalue weighted by molar-refractivity contribution is 7.98. The van der Waals surface area contributed by atoms with Crippen molar-refractivity contribution in [3.63, 3.8) is 0 Å². The van der Waals surface area contributed by atoms with E-state index in [1.54, 1.807) is 11.8 Å². The number of nitriles is 1. The zero-order chi connectivity index (χ0) is 19.2. The average Bonchev–Trinajstić information content (AvgIpc) is 3.16. The van der Waals surface area contributed by atoms with Gasteiger partial charge in [-0.3, -0.25) is 9.47 Å². The first-order chi connectivity index (χ1) is 13.8. The van der Waals surface area contributed by atoms with E-state index >= 15 is 0 Å². The number of nitrogens with zero attached hydrogens (tertiary/aromatic N) is 5. The zero-order valence-corrected chi connectivity index (χ0v) is 16.3. The number of aromatic nitrogens is 3. The molecule has 2 heterocycles. The summed E-state index contributed by atoms with van der Waals surface area (Å²) >= 11 is 1.65. The molecule has 1 aliphatic heterocycles. The zero-order valence-electron chi connectivity index (χ0n) is 15.5. The molecule has 0 atom stereocenters. The molecule has 1 saturated heterocycles. The third-order valence-electron chi connectivity index (χ3n) is 4.63. The molecule has 142 valence electrons. The number of thioether (sulfide) groups is 1. The van der Waals surface area contributed by atoms with E-state index < -0.39 is 0 Å². The van der Waals surface area contributed by atoms with Crippen molar-refractivity contribution >= 4 is 11.8 Å². The lowest BCUT2D eigenvalue weighted by atomic mass is 10.2. The van der Waals surface area contributed by atoms with E-state index in [4.69, 9.17) is 10.00 Å². The molecule has 0 saturated carbocycles. The average molecular weight is 392 g/mol. The summed E-state index contributed by atoms with van der Waals surface area (Å²) in [6.45, 7) is 4.10. The summed E-state index contributed by atoms with van der Waals surface area (Å²) in [5.41, 5.74) is 2.90. The molecular weight excluding hydrogens is 370 g/mol. The summed E-state index contributed by atoms with van der Waals surface area (Å²) in [5, 5.41) is 18.8. The van der Waals surface area contributed by atoms with Crippen LogP contribution < -0.4 is 0 Å². The lowest BCUT2D eigenvalue weighted by molar-refractivity contribution is 0.0328. The van der Waals surface area contributed by atoms with Crippen LogP contribution in [0.3, 0.4) is 0 Å². The number of hydrogen-bond acceptors (Lipinski definition) is 6. The maximum Gasteiger partial charge on any atom is 0.196 e. The first kappa shape index (κ1) is 18.7. The van der Waals surface area contributed by atoms with Crippen LogP contribution >= 0.6 is 11.8 Å². The highest BCUT2D eigenvalue weighted by Crippen LogP contribution is 2.26. The molecule has 4 rings (SSSR count). The highest BCUT2D eigenvalue weighted by Gasteiger charge is 2.19. The molecule has 1 aliphatic rings. The van der Waals surface area contributed by atoms with Gasteiger partial charge in [-0.15, -0.1) is 10.2 Å². The summed E-state index contributed by atoms with van der Waals surface area (Å²) in [4.78, 5) is 2.35. The van der Waals surface area contributed by atoms with Gasteiger partial charge in [0.1, 0.15) is 0 Å². The van der Waals surface area contributed by atoms with Crippen LogP contribution in [-0.4, -0.2) is 46.0 Å². The second-order valence-corrected chi connectivity index (χ2v) is 7.50. The van der Waals surface area contributed by atoms with Crippen molar-refractivity contribution in [3.05, 3.63) is 71.5 Å². The monoisotopic (exact) mass is 391 g/mol. The maximum atomic E-state index is 8.95. The summed E-state index contributed by atoms with van der Waals surface area (Å²) in [6.07, 6.45) is 0. The second-order valence-electron chi connectivity index (χ2n) is 6.56. The molecule has 1 fully saturated rings. The van der Waals surface area contributed by atoms with Crippen molar-refractivity contribution in [1.29, 1.82) is 5.26 Å². The van der Waals surface area contributed by atoms with Gasteiger partial charge in [0.05, 0.1) is 31.4 Å². The van der Waals surface area contributed by atoms with Gasteiger partial charge in [0.15, 0.2) is 11.0 Å². The number of para-hydroxylation sites is 1. The number of rotatable bonds is 6. The van der Waals surface area contributed by atoms with Gasteiger partial charge in [-0.25, -0.2) is 0 Å². The molecule has 0 amide bonds. The third-order valence-corrected chi connectivity index (χ3v) is 5.63. The molecule has 7 heteroatoms. The standard InChI is InChI=1S/C21H21N5OS/c22-14-17-6-8-18(9-7-17)16-28-21-24-23-20(15-25-10-12-27-13-11-25)26(21)19-4-2-1-3-5-19/h1-9H,10-13,15-16H2. The van der Waals surface area contributed by atoms with E-state index in [9.17, 15) is 0 Å². The Bertz CT molecular complexity index is 943. The van der Waals surface area contributed by atoms with Gasteiger partial charge in [0.2, 0.25) is 0 Å². The fourth-order valence-corrected chi connectivity index (χ4v) is 4.04. The number of benzene rings is 2. The van der Waals surface area contributed by atoms with Crippen LogP contribution in [0, 0.1) is 11.3 Å². The van der Waals surface area contributed by atoms with Crippen molar-refractivity contribution in [3.8, 4) is 11.8 Å². The molecule has 28 heavy (non-hydrogen) atoms. The topological polar surface area (TPSA) is 67.0 Å². The molecule has 0 aliphatic carbocycles. The van der Waals surface area contributed by atoms with E-state index in [0.29, 0.717) is 5.56 Å². The van der Waals surface area contributed by atoms with E-state index in [0.717, 1.165) is 60.8 Å². The second kappa shape index (κ2) is 9.02. The summed E-state index contributed by atoms with van der Waals surface area (Å²) in [5.74, 6) is 1.71. The molecule has 2 aromatic carbocycles. The van der Waals surface area contributed by atoms with Gasteiger partial charge in [0, 0.05) is 24.5 Å². The number of ether oxygens (including phenoxy) is 1.